The lowest BCUT2D eigenvalue weighted by molar-refractivity contribution is 0.696. The predicted octanol–water partition coefficient (Wildman–Crippen LogP) is 5.12. The molecule has 0 bridgehead atoms. The normalized spacial score (nSPS) is 15.5. The lowest BCUT2D eigenvalue weighted by Gasteiger charge is -2.25. The van der Waals surface area contributed by atoms with Crippen LogP contribution in [0, 0.1) is 6.92 Å². The van der Waals surface area contributed by atoms with E-state index in [4.69, 9.17) is 10.2 Å². The van der Waals surface area contributed by atoms with Crippen LogP contribution in [0.15, 0.2) is 109 Å². The Balaban J connectivity index is 1.54. The molecule has 0 saturated carbocycles. The standard InChI is InChI=1S/C27H23N7/c1-20-26(27(32-17-16-28-19-32)34(30-20)22-12-6-3-7-13-22)25-18-24(23-14-8-9-15-29-23)31-33(25)21-10-4-2-5-11-21/h2-17,19,25H,18H2,1H3. The van der Waals surface area contributed by atoms with Crippen LogP contribution in [0.5, 0.6) is 0 Å². The van der Waals surface area contributed by atoms with Crippen molar-refractivity contribution in [2.75, 3.05) is 5.01 Å². The van der Waals surface area contributed by atoms with Crippen LogP contribution in [0.2, 0.25) is 0 Å². The van der Waals surface area contributed by atoms with Gasteiger partial charge in [0.15, 0.2) is 0 Å². The maximum atomic E-state index is 5.06. The predicted molar refractivity (Wildman–Crippen MR) is 132 cm³/mol. The van der Waals surface area contributed by atoms with Crippen LogP contribution in [-0.4, -0.2) is 30.0 Å². The van der Waals surface area contributed by atoms with Crippen LogP contribution in [0.3, 0.4) is 0 Å². The van der Waals surface area contributed by atoms with E-state index in [1.807, 2.05) is 82.6 Å². The molecule has 1 unspecified atom stereocenters. The van der Waals surface area contributed by atoms with E-state index < -0.39 is 0 Å². The van der Waals surface area contributed by atoms with Crippen LogP contribution in [0.1, 0.15) is 29.4 Å². The number of aryl methyl sites for hydroxylation is 1. The molecule has 0 aliphatic carbocycles. The summed E-state index contributed by atoms with van der Waals surface area (Å²) in [6, 6.07) is 26.4. The van der Waals surface area contributed by atoms with Gasteiger partial charge in [0, 0.05) is 30.6 Å². The number of anilines is 1. The molecule has 0 radical (unpaired) electrons. The summed E-state index contributed by atoms with van der Waals surface area (Å²) in [7, 11) is 0. The van der Waals surface area contributed by atoms with Crippen LogP contribution < -0.4 is 5.01 Å². The van der Waals surface area contributed by atoms with E-state index >= 15 is 0 Å². The zero-order chi connectivity index (χ0) is 22.9. The number of benzene rings is 2. The number of hydrazone groups is 1. The molecular formula is C27H23N7. The third-order valence-corrected chi connectivity index (χ3v) is 6.06. The van der Waals surface area contributed by atoms with Crippen molar-refractivity contribution in [2.24, 2.45) is 5.10 Å². The Kier molecular flexibility index (Phi) is 4.99. The van der Waals surface area contributed by atoms with Gasteiger partial charge in [0.2, 0.25) is 0 Å². The summed E-state index contributed by atoms with van der Waals surface area (Å²) in [6.45, 7) is 2.07. The molecule has 0 saturated heterocycles. The summed E-state index contributed by atoms with van der Waals surface area (Å²) >= 11 is 0. The maximum Gasteiger partial charge on any atom is 0.147 e. The molecule has 0 N–H and O–H groups in total. The first-order chi connectivity index (χ1) is 16.8. The van der Waals surface area contributed by atoms with E-state index in [2.05, 4.69) is 46.2 Å². The van der Waals surface area contributed by atoms with Crippen molar-refractivity contribution in [1.29, 1.82) is 0 Å². The highest BCUT2D eigenvalue weighted by Crippen LogP contribution is 2.40. The molecule has 3 aromatic heterocycles. The highest BCUT2D eigenvalue weighted by molar-refractivity contribution is 6.01. The molecule has 1 aliphatic heterocycles. The number of rotatable bonds is 5. The van der Waals surface area contributed by atoms with Crippen molar-refractivity contribution >= 4 is 11.4 Å². The lowest BCUT2D eigenvalue weighted by atomic mass is 9.99. The molecule has 5 aromatic rings. The smallest absolute Gasteiger partial charge is 0.147 e. The van der Waals surface area contributed by atoms with E-state index in [-0.39, 0.29) is 6.04 Å². The summed E-state index contributed by atoms with van der Waals surface area (Å²) in [5, 5.41) is 12.1. The Hall–Kier alpha value is -4.52. The third kappa shape index (κ3) is 3.47. The Morgan fingerprint density at radius 3 is 2.24 bits per heavy atom. The zero-order valence-corrected chi connectivity index (χ0v) is 18.7. The van der Waals surface area contributed by atoms with Gasteiger partial charge in [-0.15, -0.1) is 0 Å². The molecule has 166 valence electrons. The van der Waals surface area contributed by atoms with Crippen molar-refractivity contribution in [2.45, 2.75) is 19.4 Å². The summed E-state index contributed by atoms with van der Waals surface area (Å²) in [6.07, 6.45) is 8.10. The average Bonchev–Trinajstić information content (AvgIpc) is 3.64. The Labute approximate surface area is 197 Å². The number of hydrogen-bond donors (Lipinski definition) is 0. The van der Waals surface area contributed by atoms with Crippen molar-refractivity contribution in [3.8, 4) is 11.5 Å². The largest absolute Gasteiger partial charge is 0.290 e. The third-order valence-electron chi connectivity index (χ3n) is 6.06. The van der Waals surface area contributed by atoms with Gasteiger partial charge in [-0.3, -0.25) is 14.6 Å². The minimum Gasteiger partial charge on any atom is -0.290 e. The van der Waals surface area contributed by atoms with Gasteiger partial charge in [0.1, 0.15) is 12.1 Å². The second-order valence-electron chi connectivity index (χ2n) is 8.20. The molecule has 1 aliphatic rings. The first-order valence-corrected chi connectivity index (χ1v) is 11.3. The van der Waals surface area contributed by atoms with Gasteiger partial charge >= 0.3 is 0 Å². The molecule has 0 fully saturated rings. The van der Waals surface area contributed by atoms with E-state index in [1.165, 1.54) is 0 Å². The van der Waals surface area contributed by atoms with Gasteiger partial charge in [-0.05, 0) is 43.3 Å². The maximum absolute atomic E-state index is 5.06. The van der Waals surface area contributed by atoms with Gasteiger partial charge in [-0.25, -0.2) is 9.67 Å². The molecule has 7 heteroatoms. The van der Waals surface area contributed by atoms with E-state index in [9.17, 15) is 0 Å². The van der Waals surface area contributed by atoms with Gasteiger partial charge in [0.25, 0.3) is 0 Å². The number of imidazole rings is 1. The highest BCUT2D eigenvalue weighted by atomic mass is 15.5. The van der Waals surface area contributed by atoms with Gasteiger partial charge in [0.05, 0.1) is 34.5 Å². The number of aromatic nitrogens is 5. The molecule has 4 heterocycles. The second kappa shape index (κ2) is 8.44. The van der Waals surface area contributed by atoms with Gasteiger partial charge in [-0.1, -0.05) is 42.5 Å². The van der Waals surface area contributed by atoms with E-state index in [1.54, 1.807) is 6.20 Å². The Bertz CT molecular complexity index is 1420. The van der Waals surface area contributed by atoms with Crippen molar-refractivity contribution in [3.63, 3.8) is 0 Å². The Morgan fingerprint density at radius 2 is 1.56 bits per heavy atom. The average molecular weight is 446 g/mol. The second-order valence-corrected chi connectivity index (χ2v) is 8.20. The Morgan fingerprint density at radius 1 is 0.824 bits per heavy atom. The van der Waals surface area contributed by atoms with Crippen molar-refractivity contribution in [3.05, 3.63) is 121 Å². The number of pyridine rings is 1. The molecule has 2 aromatic carbocycles. The van der Waals surface area contributed by atoms with Crippen LogP contribution in [-0.2, 0) is 0 Å². The molecule has 6 rings (SSSR count). The fourth-order valence-electron chi connectivity index (χ4n) is 4.54. The fourth-order valence-corrected chi connectivity index (χ4v) is 4.54. The van der Waals surface area contributed by atoms with Crippen LogP contribution in [0.4, 0.5) is 5.69 Å². The number of hydrogen-bond acceptors (Lipinski definition) is 5. The number of para-hydroxylation sites is 2. The quantitative estimate of drug-likeness (QED) is 0.377. The van der Waals surface area contributed by atoms with E-state index in [0.717, 1.165) is 46.3 Å². The molecule has 1 atom stereocenters. The fraction of sp³-hybridized carbons (Fsp3) is 0.111. The topological polar surface area (TPSA) is 64.1 Å². The first kappa shape index (κ1) is 20.1. The van der Waals surface area contributed by atoms with E-state index in [0.29, 0.717) is 0 Å². The van der Waals surface area contributed by atoms with Crippen LogP contribution >= 0.6 is 0 Å². The van der Waals surface area contributed by atoms with Crippen molar-refractivity contribution in [1.82, 2.24) is 24.3 Å². The molecular weight excluding hydrogens is 422 g/mol. The zero-order valence-electron chi connectivity index (χ0n) is 18.7. The molecule has 34 heavy (non-hydrogen) atoms. The summed E-state index contributed by atoms with van der Waals surface area (Å²) in [4.78, 5) is 8.89. The summed E-state index contributed by atoms with van der Waals surface area (Å²) in [5.74, 6) is 0.963. The minimum absolute atomic E-state index is 0.0470. The van der Waals surface area contributed by atoms with Crippen molar-refractivity contribution < 1.29 is 0 Å². The van der Waals surface area contributed by atoms with Gasteiger partial charge in [-0.2, -0.15) is 10.2 Å². The highest BCUT2D eigenvalue weighted by Gasteiger charge is 2.36. The molecule has 7 nitrogen and oxygen atoms in total. The SMILES string of the molecule is Cc1nn(-c2ccccc2)c(-n2ccnc2)c1C1CC(c2ccccn2)=NN1c1ccccc1. The molecule has 0 spiro atoms. The van der Waals surface area contributed by atoms with Crippen LogP contribution in [0.25, 0.3) is 11.5 Å². The number of nitrogens with zero attached hydrogens (tertiary/aromatic N) is 7. The lowest BCUT2D eigenvalue weighted by Crippen LogP contribution is -2.20. The minimum atomic E-state index is -0.0470. The monoisotopic (exact) mass is 445 g/mol. The first-order valence-electron chi connectivity index (χ1n) is 11.3. The van der Waals surface area contributed by atoms with Gasteiger partial charge < -0.3 is 0 Å². The summed E-state index contributed by atoms with van der Waals surface area (Å²) < 4.78 is 4.03. The molecule has 0 amide bonds. The summed E-state index contributed by atoms with van der Waals surface area (Å²) in [5.41, 5.74) is 5.94.